The van der Waals surface area contributed by atoms with Crippen molar-refractivity contribution in [3.8, 4) is 11.1 Å². The number of fused-ring (bicyclic) bond motifs is 1. The second kappa shape index (κ2) is 7.75. The van der Waals surface area contributed by atoms with E-state index in [9.17, 15) is 17.6 Å². The Morgan fingerprint density at radius 2 is 1.69 bits per heavy atom. The first-order chi connectivity index (χ1) is 13.8. The number of hydrogen-bond acceptors (Lipinski definition) is 2. The van der Waals surface area contributed by atoms with E-state index in [0.717, 1.165) is 41.4 Å². The van der Waals surface area contributed by atoms with Gasteiger partial charge in [-0.2, -0.15) is 13.2 Å². The molecule has 0 aromatic heterocycles. The molecule has 29 heavy (non-hydrogen) atoms. The molecule has 1 heterocycles. The second-order valence-electron chi connectivity index (χ2n) is 7.34. The van der Waals surface area contributed by atoms with Crippen molar-refractivity contribution in [1.29, 1.82) is 0 Å². The van der Waals surface area contributed by atoms with Crippen LogP contribution < -0.4 is 4.31 Å². The van der Waals surface area contributed by atoms with Crippen molar-refractivity contribution in [2.45, 2.75) is 24.4 Å². The minimum Gasteiger partial charge on any atom is -0.312 e. The van der Waals surface area contributed by atoms with Crippen molar-refractivity contribution in [2.75, 3.05) is 10.8 Å². The van der Waals surface area contributed by atoms with Crippen LogP contribution in [0.15, 0.2) is 71.6 Å². The summed E-state index contributed by atoms with van der Waals surface area (Å²) in [6.45, 7) is 2.85. The minimum absolute atomic E-state index is 0.302. The zero-order valence-electron chi connectivity index (χ0n) is 15.7. The van der Waals surface area contributed by atoms with Gasteiger partial charge >= 0.3 is 6.18 Å². The lowest BCUT2D eigenvalue weighted by molar-refractivity contribution is -0.137. The van der Waals surface area contributed by atoms with Crippen LogP contribution in [0.3, 0.4) is 0 Å². The van der Waals surface area contributed by atoms with Gasteiger partial charge in [0.2, 0.25) is 0 Å². The topological polar surface area (TPSA) is 3.24 Å². The van der Waals surface area contributed by atoms with Gasteiger partial charge in [-0.25, -0.2) is 4.39 Å². The molecule has 150 valence electrons. The van der Waals surface area contributed by atoms with Gasteiger partial charge in [0.1, 0.15) is 5.82 Å². The number of rotatable bonds is 3. The first-order valence-electron chi connectivity index (χ1n) is 9.31. The lowest BCUT2D eigenvalue weighted by atomic mass is 9.93. The van der Waals surface area contributed by atoms with Crippen molar-refractivity contribution in [1.82, 2.24) is 0 Å². The maximum Gasteiger partial charge on any atom is 0.416 e. The Hall–Kier alpha value is -2.47. The molecular weight excluding hydrogens is 398 g/mol. The second-order valence-corrected chi connectivity index (χ2v) is 8.44. The summed E-state index contributed by atoms with van der Waals surface area (Å²) >= 11 is 1.31. The first kappa shape index (κ1) is 19.8. The third-order valence-corrected chi connectivity index (χ3v) is 5.97. The molecule has 0 bridgehead atoms. The molecule has 6 heteroatoms. The fraction of sp³-hybridized carbons (Fsp3) is 0.217. The summed E-state index contributed by atoms with van der Waals surface area (Å²) in [5.41, 5.74) is 3.11. The molecule has 0 aliphatic carbocycles. The molecule has 1 atom stereocenters. The van der Waals surface area contributed by atoms with E-state index in [1.165, 1.54) is 36.2 Å². The highest BCUT2D eigenvalue weighted by molar-refractivity contribution is 8.00. The van der Waals surface area contributed by atoms with Crippen LogP contribution in [0.2, 0.25) is 0 Å². The Morgan fingerprint density at radius 3 is 2.45 bits per heavy atom. The number of halogens is 4. The molecule has 0 fully saturated rings. The van der Waals surface area contributed by atoms with Gasteiger partial charge in [0.05, 0.1) is 11.3 Å². The Labute approximate surface area is 171 Å². The molecule has 0 N–H and O–H groups in total. The van der Waals surface area contributed by atoms with Crippen molar-refractivity contribution >= 4 is 17.6 Å². The van der Waals surface area contributed by atoms with E-state index in [1.807, 2.05) is 28.6 Å². The first-order valence-corrected chi connectivity index (χ1v) is 10.1. The number of benzene rings is 3. The summed E-state index contributed by atoms with van der Waals surface area (Å²) in [7, 11) is 0. The number of nitrogens with zero attached hydrogens (tertiary/aromatic N) is 1. The highest BCUT2D eigenvalue weighted by atomic mass is 32.2. The lowest BCUT2D eigenvalue weighted by Gasteiger charge is -2.34. The van der Waals surface area contributed by atoms with E-state index in [2.05, 4.69) is 6.92 Å². The summed E-state index contributed by atoms with van der Waals surface area (Å²) in [5, 5.41) is 0. The van der Waals surface area contributed by atoms with Crippen molar-refractivity contribution < 1.29 is 17.6 Å². The quantitative estimate of drug-likeness (QED) is 0.327. The van der Waals surface area contributed by atoms with Gasteiger partial charge < -0.3 is 4.31 Å². The third kappa shape index (κ3) is 4.42. The van der Waals surface area contributed by atoms with E-state index >= 15 is 0 Å². The molecule has 3 aromatic rings. The smallest absolute Gasteiger partial charge is 0.312 e. The van der Waals surface area contributed by atoms with E-state index < -0.39 is 11.7 Å². The number of alkyl halides is 3. The van der Waals surface area contributed by atoms with Crippen LogP contribution in [-0.2, 0) is 12.6 Å². The van der Waals surface area contributed by atoms with Gasteiger partial charge in [0.25, 0.3) is 0 Å². The maximum absolute atomic E-state index is 13.6. The maximum atomic E-state index is 13.6. The molecule has 1 aliphatic heterocycles. The van der Waals surface area contributed by atoms with Crippen LogP contribution in [0.5, 0.6) is 0 Å². The monoisotopic (exact) mass is 417 g/mol. The largest absolute Gasteiger partial charge is 0.416 e. The van der Waals surface area contributed by atoms with Gasteiger partial charge in [0, 0.05) is 11.4 Å². The predicted molar refractivity (Wildman–Crippen MR) is 109 cm³/mol. The van der Waals surface area contributed by atoms with Crippen LogP contribution in [0.4, 0.5) is 23.2 Å². The van der Waals surface area contributed by atoms with Gasteiger partial charge in [0.15, 0.2) is 0 Å². The van der Waals surface area contributed by atoms with Crippen molar-refractivity contribution in [2.24, 2.45) is 5.92 Å². The third-order valence-electron chi connectivity index (χ3n) is 4.93. The van der Waals surface area contributed by atoms with Crippen LogP contribution in [-0.4, -0.2) is 6.54 Å². The fourth-order valence-corrected chi connectivity index (χ4v) is 4.75. The highest BCUT2D eigenvalue weighted by Crippen LogP contribution is 2.40. The normalized spacial score (nSPS) is 16.6. The molecule has 0 saturated heterocycles. The predicted octanol–water partition coefficient (Wildman–Crippen LogP) is 7.22. The van der Waals surface area contributed by atoms with Crippen LogP contribution in [0.1, 0.15) is 18.1 Å². The molecule has 3 aromatic carbocycles. The van der Waals surface area contributed by atoms with Crippen LogP contribution >= 0.6 is 11.9 Å². The number of anilines is 1. The fourth-order valence-electron chi connectivity index (χ4n) is 3.58. The zero-order valence-corrected chi connectivity index (χ0v) is 16.5. The molecule has 0 radical (unpaired) electrons. The highest BCUT2D eigenvalue weighted by Gasteiger charge is 2.31. The zero-order chi connectivity index (χ0) is 20.6. The molecule has 0 amide bonds. The lowest BCUT2D eigenvalue weighted by Crippen LogP contribution is -2.28. The standard InChI is InChI=1S/C23H19F4NS/c1-15-10-18-9-8-17(16-4-2-6-20(24)11-16)12-22(18)28(14-15)29-21-7-3-5-19(13-21)23(25,26)27/h2-9,11-13,15H,10,14H2,1H3/t15-/m1/s1. The van der Waals surface area contributed by atoms with E-state index in [4.69, 9.17) is 0 Å². The Bertz CT molecular complexity index is 1030. The van der Waals surface area contributed by atoms with Crippen LogP contribution in [0, 0.1) is 11.7 Å². The van der Waals surface area contributed by atoms with E-state index in [0.29, 0.717) is 10.8 Å². The summed E-state index contributed by atoms with van der Waals surface area (Å²) < 4.78 is 54.9. The average Bonchev–Trinajstić information content (AvgIpc) is 2.67. The molecule has 0 unspecified atom stereocenters. The SMILES string of the molecule is C[C@@H]1Cc2ccc(-c3cccc(F)c3)cc2N(Sc2cccc(C(F)(F)F)c2)C1. The van der Waals surface area contributed by atoms with Crippen molar-refractivity contribution in [3.05, 3.63) is 83.7 Å². The van der Waals surface area contributed by atoms with E-state index in [-0.39, 0.29) is 5.82 Å². The van der Waals surface area contributed by atoms with Gasteiger partial charge in [-0.15, -0.1) is 0 Å². The summed E-state index contributed by atoms with van der Waals surface area (Å²) in [6, 6.07) is 17.8. The van der Waals surface area contributed by atoms with Crippen LogP contribution in [0.25, 0.3) is 11.1 Å². The Morgan fingerprint density at radius 1 is 0.931 bits per heavy atom. The molecule has 0 spiro atoms. The number of hydrogen-bond donors (Lipinski definition) is 0. The molecule has 1 aliphatic rings. The average molecular weight is 417 g/mol. The van der Waals surface area contributed by atoms with Gasteiger partial charge in [-0.1, -0.05) is 37.3 Å². The summed E-state index contributed by atoms with van der Waals surface area (Å²) in [6.07, 6.45) is -3.47. The Kier molecular flexibility index (Phi) is 5.30. The van der Waals surface area contributed by atoms with E-state index in [1.54, 1.807) is 12.1 Å². The van der Waals surface area contributed by atoms with Gasteiger partial charge in [-0.3, -0.25) is 0 Å². The molecule has 4 rings (SSSR count). The summed E-state index contributed by atoms with van der Waals surface area (Å²) in [4.78, 5) is 0.538. The minimum atomic E-state index is -4.37. The summed E-state index contributed by atoms with van der Waals surface area (Å²) in [5.74, 6) is 0.0739. The molecule has 0 saturated carbocycles. The molecule has 1 nitrogen and oxygen atoms in total. The van der Waals surface area contributed by atoms with Gasteiger partial charge in [-0.05, 0) is 77.4 Å². The Balaban J connectivity index is 1.69. The molecular formula is C23H19F4NS. The van der Waals surface area contributed by atoms with Crippen molar-refractivity contribution in [3.63, 3.8) is 0 Å².